The van der Waals surface area contributed by atoms with Crippen molar-refractivity contribution >= 4 is 28.9 Å². The van der Waals surface area contributed by atoms with Crippen molar-refractivity contribution in [2.24, 2.45) is 5.73 Å². The normalized spacial score (nSPS) is 15.9. The molecule has 0 aliphatic carbocycles. The lowest BCUT2D eigenvalue weighted by Gasteiger charge is -2.27. The number of carbonyl (C=O) groups excluding carboxylic acids is 1. The van der Waals surface area contributed by atoms with Gasteiger partial charge in [0, 0.05) is 28.3 Å². The molecule has 1 atom stereocenters. The van der Waals surface area contributed by atoms with Gasteiger partial charge in [-0.1, -0.05) is 12.1 Å². The molecule has 0 saturated heterocycles. The van der Waals surface area contributed by atoms with Gasteiger partial charge in [0.15, 0.2) is 5.82 Å². The summed E-state index contributed by atoms with van der Waals surface area (Å²) in [5.74, 6) is 0.228. The Morgan fingerprint density at radius 3 is 2.79 bits per heavy atom. The average Bonchev–Trinajstić information content (AvgIpc) is 3.26. The molecule has 28 heavy (non-hydrogen) atoms. The van der Waals surface area contributed by atoms with Crippen LogP contribution in [0.5, 0.6) is 0 Å². The Morgan fingerprint density at radius 1 is 1.36 bits per heavy atom. The molecule has 0 radical (unpaired) electrons. The van der Waals surface area contributed by atoms with Crippen LogP contribution in [0, 0.1) is 17.0 Å². The number of allylic oxidation sites excluding steroid dienone is 1. The van der Waals surface area contributed by atoms with Gasteiger partial charge in [0.2, 0.25) is 11.9 Å². The van der Waals surface area contributed by atoms with E-state index in [9.17, 15) is 14.9 Å². The summed E-state index contributed by atoms with van der Waals surface area (Å²) < 4.78 is 1.61. The van der Waals surface area contributed by atoms with Gasteiger partial charge in [-0.3, -0.25) is 14.9 Å². The number of aromatic nitrogens is 3. The molecule has 0 saturated carbocycles. The van der Waals surface area contributed by atoms with Gasteiger partial charge in [-0.05, 0) is 30.9 Å². The Hall–Kier alpha value is -3.53. The Kier molecular flexibility index (Phi) is 4.19. The minimum atomic E-state index is -0.541. The maximum Gasteiger partial charge on any atom is 0.270 e. The van der Waals surface area contributed by atoms with E-state index in [1.807, 2.05) is 18.4 Å². The number of aryl methyl sites for hydroxylation is 1. The highest BCUT2D eigenvalue weighted by atomic mass is 32.1. The van der Waals surface area contributed by atoms with Gasteiger partial charge in [-0.25, -0.2) is 4.68 Å². The van der Waals surface area contributed by atoms with E-state index >= 15 is 0 Å². The van der Waals surface area contributed by atoms with Crippen LogP contribution in [-0.4, -0.2) is 25.6 Å². The smallest absolute Gasteiger partial charge is 0.270 e. The van der Waals surface area contributed by atoms with Crippen LogP contribution in [0.4, 0.5) is 11.6 Å². The first kappa shape index (κ1) is 17.9. The number of hydrogen-bond acceptors (Lipinski definition) is 7. The summed E-state index contributed by atoms with van der Waals surface area (Å²) in [5, 5.41) is 20.6. The minimum Gasteiger partial charge on any atom is -0.366 e. The van der Waals surface area contributed by atoms with Crippen LogP contribution in [0.1, 0.15) is 23.4 Å². The van der Waals surface area contributed by atoms with Crippen molar-refractivity contribution < 1.29 is 9.72 Å². The van der Waals surface area contributed by atoms with Crippen molar-refractivity contribution in [1.82, 2.24) is 14.8 Å². The number of nitro groups is 1. The molecule has 1 aliphatic rings. The topological polar surface area (TPSA) is 129 Å². The molecule has 142 valence electrons. The lowest BCUT2D eigenvalue weighted by atomic mass is 9.99. The number of primary amides is 1. The van der Waals surface area contributed by atoms with E-state index in [2.05, 4.69) is 15.4 Å². The first-order valence-corrected chi connectivity index (χ1v) is 9.27. The molecule has 0 bridgehead atoms. The Balaban J connectivity index is 1.88. The molecule has 2 aromatic heterocycles. The molecule has 1 unspecified atom stereocenters. The van der Waals surface area contributed by atoms with E-state index in [1.54, 1.807) is 23.7 Å². The molecule has 1 amide bonds. The van der Waals surface area contributed by atoms with Gasteiger partial charge >= 0.3 is 0 Å². The Labute approximate surface area is 163 Å². The molecule has 4 rings (SSSR count). The third kappa shape index (κ3) is 2.83. The predicted octanol–water partition coefficient (Wildman–Crippen LogP) is 3.00. The van der Waals surface area contributed by atoms with Crippen LogP contribution < -0.4 is 11.1 Å². The van der Waals surface area contributed by atoms with Gasteiger partial charge in [-0.15, -0.1) is 16.4 Å². The number of hydrogen-bond donors (Lipinski definition) is 2. The molecule has 9 nitrogen and oxygen atoms in total. The number of benzene rings is 1. The summed E-state index contributed by atoms with van der Waals surface area (Å²) in [5.41, 5.74) is 8.16. The quantitative estimate of drug-likeness (QED) is 0.515. The van der Waals surface area contributed by atoms with E-state index in [0.29, 0.717) is 28.6 Å². The number of nitrogens with one attached hydrogen (secondary N) is 1. The summed E-state index contributed by atoms with van der Waals surface area (Å²) in [6.07, 6.45) is 0. The van der Waals surface area contributed by atoms with Crippen LogP contribution in [0.25, 0.3) is 11.4 Å². The van der Waals surface area contributed by atoms with Crippen molar-refractivity contribution in [2.45, 2.75) is 19.9 Å². The van der Waals surface area contributed by atoms with Crippen LogP contribution in [0.3, 0.4) is 0 Å². The number of nitrogens with two attached hydrogens (primary N) is 1. The van der Waals surface area contributed by atoms with E-state index in [-0.39, 0.29) is 5.69 Å². The number of amides is 1. The number of non-ortho nitro benzene ring substituents is 1. The molecule has 1 aromatic carbocycles. The van der Waals surface area contributed by atoms with E-state index in [4.69, 9.17) is 5.73 Å². The van der Waals surface area contributed by atoms with Crippen LogP contribution in [0.2, 0.25) is 0 Å². The minimum absolute atomic E-state index is 0.0454. The fraction of sp³-hybridized carbons (Fsp3) is 0.167. The number of nitrogens with zero attached hydrogens (tertiary/aromatic N) is 4. The third-order valence-corrected chi connectivity index (χ3v) is 5.65. The number of rotatable bonds is 4. The average molecular weight is 396 g/mol. The van der Waals surface area contributed by atoms with Crippen molar-refractivity contribution in [3.05, 3.63) is 67.5 Å². The fourth-order valence-electron chi connectivity index (χ4n) is 3.26. The van der Waals surface area contributed by atoms with Gasteiger partial charge in [0.25, 0.3) is 5.69 Å². The molecule has 0 spiro atoms. The molecule has 10 heteroatoms. The molecule has 3 N–H and O–H groups in total. The zero-order chi connectivity index (χ0) is 20.0. The van der Waals surface area contributed by atoms with Crippen LogP contribution in [0.15, 0.2) is 47.0 Å². The highest BCUT2D eigenvalue weighted by molar-refractivity contribution is 7.10. The second-order valence-electron chi connectivity index (χ2n) is 6.41. The first-order valence-electron chi connectivity index (χ1n) is 8.39. The highest BCUT2D eigenvalue weighted by Crippen LogP contribution is 2.39. The highest BCUT2D eigenvalue weighted by Gasteiger charge is 2.35. The lowest BCUT2D eigenvalue weighted by Crippen LogP contribution is -2.31. The fourth-order valence-corrected chi connectivity index (χ4v) is 4.28. The van der Waals surface area contributed by atoms with Crippen molar-refractivity contribution in [2.75, 3.05) is 5.32 Å². The second-order valence-corrected chi connectivity index (χ2v) is 7.36. The zero-order valence-corrected chi connectivity index (χ0v) is 15.9. The van der Waals surface area contributed by atoms with Gasteiger partial charge < -0.3 is 11.1 Å². The molecular weight excluding hydrogens is 380 g/mol. The molecule has 3 heterocycles. The standard InChI is InChI=1S/C18H16N6O3S/c1-9-6-7-28-15(9)14-13(16(19)25)10(2)20-18-21-17(22-23(14)18)11-4-3-5-12(8-11)24(26)27/h3-8,14H,1-2H3,(H2,19,25)(H,20,21,22). The number of carbonyl (C=O) groups is 1. The molecule has 0 fully saturated rings. The maximum atomic E-state index is 12.2. The second kappa shape index (κ2) is 6.57. The van der Waals surface area contributed by atoms with Crippen molar-refractivity contribution in [3.63, 3.8) is 0 Å². The summed E-state index contributed by atoms with van der Waals surface area (Å²) in [7, 11) is 0. The van der Waals surface area contributed by atoms with Crippen molar-refractivity contribution in [3.8, 4) is 11.4 Å². The van der Waals surface area contributed by atoms with Gasteiger partial charge in [-0.2, -0.15) is 4.98 Å². The molecular formula is C18H16N6O3S. The van der Waals surface area contributed by atoms with E-state index in [0.717, 1.165) is 10.4 Å². The van der Waals surface area contributed by atoms with Crippen LogP contribution in [-0.2, 0) is 4.79 Å². The largest absolute Gasteiger partial charge is 0.366 e. The third-order valence-electron chi connectivity index (χ3n) is 4.58. The Bertz CT molecular complexity index is 1150. The number of anilines is 1. The van der Waals surface area contributed by atoms with E-state index in [1.165, 1.54) is 23.5 Å². The Morgan fingerprint density at radius 2 is 2.14 bits per heavy atom. The van der Waals surface area contributed by atoms with Crippen LogP contribution >= 0.6 is 11.3 Å². The maximum absolute atomic E-state index is 12.2. The number of thiophene rings is 1. The predicted molar refractivity (Wildman–Crippen MR) is 105 cm³/mol. The number of nitro benzene ring substituents is 1. The van der Waals surface area contributed by atoms with Gasteiger partial charge in [0.05, 0.1) is 10.5 Å². The van der Waals surface area contributed by atoms with E-state index < -0.39 is 16.9 Å². The monoisotopic (exact) mass is 396 g/mol. The summed E-state index contributed by atoms with van der Waals surface area (Å²) in [6.45, 7) is 3.72. The summed E-state index contributed by atoms with van der Waals surface area (Å²) in [6, 6.07) is 7.58. The molecule has 1 aliphatic heterocycles. The van der Waals surface area contributed by atoms with Gasteiger partial charge in [0.1, 0.15) is 6.04 Å². The zero-order valence-electron chi connectivity index (χ0n) is 15.0. The lowest BCUT2D eigenvalue weighted by molar-refractivity contribution is -0.384. The molecule has 3 aromatic rings. The number of fused-ring (bicyclic) bond motifs is 1. The SMILES string of the molecule is CC1=C(C(N)=O)C(c2sccc2C)n2nc(-c3cccc([N+](=O)[O-])c3)nc2N1. The first-order chi connectivity index (χ1) is 13.4. The summed E-state index contributed by atoms with van der Waals surface area (Å²) >= 11 is 1.51. The summed E-state index contributed by atoms with van der Waals surface area (Å²) in [4.78, 5) is 28.2. The van der Waals surface area contributed by atoms with Crippen molar-refractivity contribution in [1.29, 1.82) is 0 Å².